The highest BCUT2D eigenvalue weighted by Gasteiger charge is 2.16. The van der Waals surface area contributed by atoms with Crippen LogP contribution in [0.3, 0.4) is 0 Å². The first-order valence-electron chi connectivity index (χ1n) is 7.93. The highest BCUT2D eigenvalue weighted by molar-refractivity contribution is 5.88. The van der Waals surface area contributed by atoms with Crippen molar-refractivity contribution in [2.75, 3.05) is 13.9 Å². The Balaban J connectivity index is 1.89. The van der Waals surface area contributed by atoms with Crippen molar-refractivity contribution in [3.05, 3.63) is 58.4 Å². The van der Waals surface area contributed by atoms with E-state index in [1.165, 1.54) is 7.11 Å². The van der Waals surface area contributed by atoms with Gasteiger partial charge in [0.25, 0.3) is 11.5 Å². The van der Waals surface area contributed by atoms with Crippen LogP contribution >= 0.6 is 0 Å². The molecule has 2 aromatic carbocycles. The van der Waals surface area contributed by atoms with Crippen molar-refractivity contribution in [1.82, 2.24) is 9.77 Å². The van der Waals surface area contributed by atoms with Gasteiger partial charge in [-0.1, -0.05) is 16.6 Å². The van der Waals surface area contributed by atoms with Crippen molar-refractivity contribution in [3.63, 3.8) is 0 Å². The molecule has 0 saturated carbocycles. The molecule has 6 nitrogen and oxygen atoms in total. The number of aryl methyl sites for hydroxylation is 1. The summed E-state index contributed by atoms with van der Waals surface area (Å²) in [6, 6.07) is 11.7. The third-order valence-corrected chi connectivity index (χ3v) is 4.18. The van der Waals surface area contributed by atoms with E-state index in [2.05, 4.69) is 4.98 Å². The number of furan rings is 1. The molecule has 2 heterocycles. The average Bonchev–Trinajstić information content (AvgIpc) is 2.98. The van der Waals surface area contributed by atoms with E-state index in [4.69, 9.17) is 13.9 Å². The summed E-state index contributed by atoms with van der Waals surface area (Å²) in [5.41, 5.74) is 1.51. The van der Waals surface area contributed by atoms with Crippen molar-refractivity contribution in [2.24, 2.45) is 0 Å². The molecule has 0 aliphatic heterocycles. The molecule has 0 bridgehead atoms. The lowest BCUT2D eigenvalue weighted by Crippen LogP contribution is -2.17. The van der Waals surface area contributed by atoms with Crippen LogP contribution in [0.4, 0.5) is 4.48 Å². The first-order chi connectivity index (χ1) is 12.6. The maximum Gasteiger partial charge on any atom is 0.290 e. The van der Waals surface area contributed by atoms with Crippen molar-refractivity contribution in [2.45, 2.75) is 6.92 Å². The molecule has 7 heteroatoms. The molecule has 0 N–H and O–H groups in total. The maximum atomic E-state index is 14.6. The topological polar surface area (TPSA) is 66.5 Å². The molecule has 0 amide bonds. The molecule has 0 saturated heterocycles. The first kappa shape index (κ1) is 16.3. The molecule has 0 unspecified atom stereocenters. The van der Waals surface area contributed by atoms with Gasteiger partial charge in [0.15, 0.2) is 12.6 Å². The zero-order valence-corrected chi connectivity index (χ0v) is 14.2. The maximum absolute atomic E-state index is 14.6. The third kappa shape index (κ3) is 2.53. The van der Waals surface area contributed by atoms with Gasteiger partial charge >= 0.3 is 0 Å². The number of rotatable bonds is 4. The van der Waals surface area contributed by atoms with Crippen LogP contribution in [0.1, 0.15) is 5.56 Å². The Morgan fingerprint density at radius 2 is 2.00 bits per heavy atom. The predicted octanol–water partition coefficient (Wildman–Crippen LogP) is 3.83. The lowest BCUT2D eigenvalue weighted by atomic mass is 10.1. The number of ether oxygens (including phenoxy) is 2. The van der Waals surface area contributed by atoms with Crippen LogP contribution in [0.15, 0.2) is 51.7 Å². The zero-order chi connectivity index (χ0) is 18.3. The van der Waals surface area contributed by atoms with E-state index in [-0.39, 0.29) is 22.8 Å². The van der Waals surface area contributed by atoms with E-state index >= 15 is 0 Å². The molecule has 132 valence electrons. The molecule has 0 aliphatic carbocycles. The first-order valence-corrected chi connectivity index (χ1v) is 7.93. The van der Waals surface area contributed by atoms with Gasteiger partial charge in [0.2, 0.25) is 0 Å². The van der Waals surface area contributed by atoms with Gasteiger partial charge in [0.05, 0.1) is 10.9 Å². The number of aromatic nitrogens is 2. The Hall–Kier alpha value is -3.19. The molecule has 0 aliphatic rings. The second kappa shape index (κ2) is 6.27. The van der Waals surface area contributed by atoms with Gasteiger partial charge in [-0.2, -0.15) is 0 Å². The lowest BCUT2D eigenvalue weighted by Gasteiger charge is -2.06. The SMILES string of the molecule is COCOc1oc2ccc(-c3nc4ccccc4c(=O)n3F)cc2c1C. The van der Waals surface area contributed by atoms with E-state index in [1.54, 1.807) is 42.5 Å². The molecule has 26 heavy (non-hydrogen) atoms. The smallest absolute Gasteiger partial charge is 0.290 e. The molecule has 4 rings (SSSR count). The molecular weight excluding hydrogens is 339 g/mol. The summed E-state index contributed by atoms with van der Waals surface area (Å²) in [5, 5.41) is 0.977. The summed E-state index contributed by atoms with van der Waals surface area (Å²) in [6.07, 6.45) is 0. The number of methoxy groups -OCH3 is 1. The largest absolute Gasteiger partial charge is 0.438 e. The van der Waals surface area contributed by atoms with Gasteiger partial charge < -0.3 is 13.9 Å². The van der Waals surface area contributed by atoms with Gasteiger partial charge in [-0.15, -0.1) is 4.79 Å². The third-order valence-electron chi connectivity index (χ3n) is 4.18. The number of halogens is 1. The van der Waals surface area contributed by atoms with Gasteiger partial charge in [0.1, 0.15) is 5.58 Å². The normalized spacial score (nSPS) is 11.3. The average molecular weight is 354 g/mol. The molecule has 4 aromatic rings. The summed E-state index contributed by atoms with van der Waals surface area (Å²) in [7, 11) is 1.52. The number of nitrogens with zero attached hydrogens (tertiary/aromatic N) is 2. The Labute approximate surface area is 147 Å². The van der Waals surface area contributed by atoms with Gasteiger partial charge in [-0.05, 0) is 37.3 Å². The summed E-state index contributed by atoms with van der Waals surface area (Å²) in [6.45, 7) is 1.89. The Bertz CT molecular complexity index is 1180. The fourth-order valence-corrected chi connectivity index (χ4v) is 2.88. The zero-order valence-electron chi connectivity index (χ0n) is 14.2. The molecule has 0 spiro atoms. The monoisotopic (exact) mass is 354 g/mol. The summed E-state index contributed by atoms with van der Waals surface area (Å²) < 4.78 is 30.5. The van der Waals surface area contributed by atoms with E-state index in [0.717, 1.165) is 10.9 Å². The van der Waals surface area contributed by atoms with E-state index < -0.39 is 5.56 Å². The molecule has 2 aromatic heterocycles. The number of benzene rings is 2. The highest BCUT2D eigenvalue weighted by atomic mass is 19.2. The predicted molar refractivity (Wildman–Crippen MR) is 95.0 cm³/mol. The quantitative estimate of drug-likeness (QED) is 0.521. The Morgan fingerprint density at radius 1 is 1.19 bits per heavy atom. The summed E-state index contributed by atoms with van der Waals surface area (Å²) in [5.74, 6) is 0.277. The van der Waals surface area contributed by atoms with Crippen LogP contribution in [0.2, 0.25) is 0 Å². The minimum Gasteiger partial charge on any atom is -0.438 e. The second-order valence-corrected chi connectivity index (χ2v) is 5.81. The number of hydrogen-bond acceptors (Lipinski definition) is 5. The van der Waals surface area contributed by atoms with Crippen LogP contribution in [0.25, 0.3) is 33.3 Å². The lowest BCUT2D eigenvalue weighted by molar-refractivity contribution is 0.0348. The van der Waals surface area contributed by atoms with Gasteiger partial charge in [0, 0.05) is 23.6 Å². The second-order valence-electron chi connectivity index (χ2n) is 5.81. The highest BCUT2D eigenvalue weighted by Crippen LogP contribution is 2.33. The standard InChI is InChI=1S/C19H15FN2O4/c1-11-14-9-12(7-8-16(14)26-19(11)25-10-24-2)17-21-15-6-4-3-5-13(15)18(23)22(17)20/h3-9H,10H2,1-2H3. The molecular formula is C19H15FN2O4. The van der Waals surface area contributed by atoms with Gasteiger partial charge in [-0.3, -0.25) is 4.79 Å². The van der Waals surface area contributed by atoms with Crippen molar-refractivity contribution in [3.8, 4) is 17.3 Å². The van der Waals surface area contributed by atoms with Crippen molar-refractivity contribution < 1.29 is 18.4 Å². The van der Waals surface area contributed by atoms with Crippen LogP contribution < -0.4 is 10.3 Å². The van der Waals surface area contributed by atoms with Crippen LogP contribution in [-0.2, 0) is 4.74 Å². The molecule has 0 atom stereocenters. The number of hydrogen-bond donors (Lipinski definition) is 0. The fraction of sp³-hybridized carbons (Fsp3) is 0.158. The van der Waals surface area contributed by atoms with Crippen LogP contribution in [0, 0.1) is 6.92 Å². The van der Waals surface area contributed by atoms with E-state index in [1.807, 2.05) is 6.92 Å². The number of fused-ring (bicyclic) bond motifs is 2. The Morgan fingerprint density at radius 3 is 2.81 bits per heavy atom. The molecule has 0 radical (unpaired) electrons. The van der Waals surface area contributed by atoms with Crippen molar-refractivity contribution >= 4 is 21.9 Å². The summed E-state index contributed by atoms with van der Waals surface area (Å²) in [4.78, 5) is 16.6. The van der Waals surface area contributed by atoms with Crippen LogP contribution in [0.5, 0.6) is 5.95 Å². The van der Waals surface area contributed by atoms with Crippen molar-refractivity contribution in [1.29, 1.82) is 0 Å². The summed E-state index contributed by atoms with van der Waals surface area (Å²) >= 11 is 0. The van der Waals surface area contributed by atoms with E-state index in [9.17, 15) is 9.28 Å². The van der Waals surface area contributed by atoms with Crippen LogP contribution in [-0.4, -0.2) is 23.7 Å². The fourth-order valence-electron chi connectivity index (χ4n) is 2.88. The minimum atomic E-state index is -0.737. The minimum absolute atomic E-state index is 0.0593. The van der Waals surface area contributed by atoms with E-state index in [0.29, 0.717) is 22.6 Å². The number of para-hydroxylation sites is 1. The van der Waals surface area contributed by atoms with Gasteiger partial charge in [-0.25, -0.2) is 4.98 Å². The molecule has 0 fully saturated rings. The Kier molecular flexibility index (Phi) is 3.93.